The maximum absolute atomic E-state index is 5.52. The molecular weight excluding hydrogens is 142 g/mol. The van der Waals surface area contributed by atoms with Gasteiger partial charge in [-0.2, -0.15) is 11.8 Å². The van der Waals surface area contributed by atoms with Crippen molar-refractivity contribution < 1.29 is 0 Å². The highest BCUT2D eigenvalue weighted by Gasteiger charge is 2.11. The number of terminal acetylenes is 1. The zero-order chi connectivity index (χ0) is 8.20. The molecule has 0 aliphatic rings. The summed E-state index contributed by atoms with van der Waals surface area (Å²) in [6.45, 7) is 6.46. The van der Waals surface area contributed by atoms with Crippen molar-refractivity contribution in [3.8, 4) is 12.3 Å². The topological polar surface area (TPSA) is 26.0 Å². The van der Waals surface area contributed by atoms with E-state index in [1.807, 2.05) is 0 Å². The lowest BCUT2D eigenvalue weighted by Crippen LogP contribution is -2.23. The molecule has 0 radical (unpaired) electrons. The Kier molecular flexibility index (Phi) is 3.85. The van der Waals surface area contributed by atoms with Crippen molar-refractivity contribution in [1.29, 1.82) is 0 Å². The summed E-state index contributed by atoms with van der Waals surface area (Å²) < 4.78 is 0.272. The van der Waals surface area contributed by atoms with Crippen molar-refractivity contribution in [2.75, 3.05) is 5.75 Å². The third-order valence-electron chi connectivity index (χ3n) is 0.910. The van der Waals surface area contributed by atoms with Crippen LogP contribution in [0.15, 0.2) is 0 Å². The van der Waals surface area contributed by atoms with Crippen LogP contribution in [0.3, 0.4) is 0 Å². The third-order valence-corrected chi connectivity index (χ3v) is 2.30. The highest BCUT2D eigenvalue weighted by Crippen LogP contribution is 2.22. The lowest BCUT2D eigenvalue weighted by Gasteiger charge is -2.18. The van der Waals surface area contributed by atoms with Crippen molar-refractivity contribution in [3.63, 3.8) is 0 Å². The number of nitrogens with two attached hydrogens (primary N) is 1. The first-order valence-corrected chi connectivity index (χ1v) is 4.30. The van der Waals surface area contributed by atoms with Crippen LogP contribution in [-0.2, 0) is 0 Å². The van der Waals surface area contributed by atoms with Gasteiger partial charge in [0, 0.05) is 10.5 Å². The maximum Gasteiger partial charge on any atom is 0.0753 e. The molecule has 0 aliphatic heterocycles. The standard InChI is InChI=1S/C8H15NS/c1-5-7(9)6-10-8(2,3)4/h1,7H,6,9H2,2-4H3. The second-order valence-corrected chi connectivity index (χ2v) is 5.04. The van der Waals surface area contributed by atoms with Gasteiger partial charge in [-0.1, -0.05) is 26.7 Å². The summed E-state index contributed by atoms with van der Waals surface area (Å²) in [5.41, 5.74) is 5.52. The second kappa shape index (κ2) is 3.90. The maximum atomic E-state index is 5.52. The third kappa shape index (κ3) is 6.00. The lowest BCUT2D eigenvalue weighted by atomic mass is 10.3. The molecule has 0 aliphatic carbocycles. The highest BCUT2D eigenvalue weighted by atomic mass is 32.2. The van der Waals surface area contributed by atoms with Crippen LogP contribution >= 0.6 is 11.8 Å². The van der Waals surface area contributed by atoms with Crippen LogP contribution in [0, 0.1) is 12.3 Å². The van der Waals surface area contributed by atoms with E-state index >= 15 is 0 Å². The van der Waals surface area contributed by atoms with Gasteiger partial charge in [0.2, 0.25) is 0 Å². The summed E-state index contributed by atoms with van der Waals surface area (Å²) in [6, 6.07) is -0.0933. The smallest absolute Gasteiger partial charge is 0.0753 e. The van der Waals surface area contributed by atoms with Gasteiger partial charge in [0.15, 0.2) is 0 Å². The van der Waals surface area contributed by atoms with E-state index < -0.39 is 0 Å². The van der Waals surface area contributed by atoms with Crippen LogP contribution < -0.4 is 5.73 Å². The normalized spacial score (nSPS) is 14.3. The Morgan fingerprint density at radius 3 is 2.40 bits per heavy atom. The molecule has 0 aromatic carbocycles. The van der Waals surface area contributed by atoms with Crippen LogP contribution in [0.4, 0.5) is 0 Å². The zero-order valence-corrected chi connectivity index (χ0v) is 7.66. The van der Waals surface area contributed by atoms with E-state index in [1.165, 1.54) is 0 Å². The number of thioether (sulfide) groups is 1. The molecule has 2 heteroatoms. The summed E-state index contributed by atoms with van der Waals surface area (Å²) >= 11 is 1.80. The first kappa shape index (κ1) is 9.87. The average molecular weight is 157 g/mol. The Balaban J connectivity index is 3.48. The number of hydrogen-bond acceptors (Lipinski definition) is 2. The van der Waals surface area contributed by atoms with Gasteiger partial charge >= 0.3 is 0 Å². The van der Waals surface area contributed by atoms with Gasteiger partial charge in [-0.3, -0.25) is 0 Å². The fourth-order valence-electron chi connectivity index (χ4n) is 0.388. The summed E-state index contributed by atoms with van der Waals surface area (Å²) in [5.74, 6) is 3.34. The van der Waals surface area contributed by atoms with Crippen molar-refractivity contribution >= 4 is 11.8 Å². The van der Waals surface area contributed by atoms with Gasteiger partial charge in [-0.05, 0) is 0 Å². The zero-order valence-electron chi connectivity index (χ0n) is 6.85. The largest absolute Gasteiger partial charge is 0.317 e. The molecule has 0 rings (SSSR count). The molecule has 0 amide bonds. The van der Waals surface area contributed by atoms with Crippen LogP contribution in [0.1, 0.15) is 20.8 Å². The Bertz CT molecular complexity index is 129. The number of hydrogen-bond donors (Lipinski definition) is 1. The number of rotatable bonds is 2. The van der Waals surface area contributed by atoms with E-state index in [0.29, 0.717) is 0 Å². The molecule has 2 N–H and O–H groups in total. The first-order chi connectivity index (χ1) is 4.45. The Morgan fingerprint density at radius 2 is 2.10 bits per heavy atom. The highest BCUT2D eigenvalue weighted by molar-refractivity contribution is 8.00. The van der Waals surface area contributed by atoms with Crippen LogP contribution in [0.2, 0.25) is 0 Å². The molecule has 0 spiro atoms. The van der Waals surface area contributed by atoms with E-state index in [2.05, 4.69) is 26.7 Å². The average Bonchev–Trinajstić information content (AvgIpc) is 1.81. The van der Waals surface area contributed by atoms with E-state index in [1.54, 1.807) is 11.8 Å². The minimum Gasteiger partial charge on any atom is -0.317 e. The summed E-state index contributed by atoms with van der Waals surface area (Å²) in [7, 11) is 0. The van der Waals surface area contributed by atoms with E-state index in [0.717, 1.165) is 5.75 Å². The molecular formula is C8H15NS. The van der Waals surface area contributed by atoms with Crippen molar-refractivity contribution in [2.45, 2.75) is 31.6 Å². The molecule has 0 saturated heterocycles. The molecule has 0 fully saturated rings. The fourth-order valence-corrected chi connectivity index (χ4v) is 1.16. The molecule has 58 valence electrons. The molecule has 0 saturated carbocycles. The van der Waals surface area contributed by atoms with Gasteiger partial charge in [0.25, 0.3) is 0 Å². The van der Waals surface area contributed by atoms with Crippen molar-refractivity contribution in [1.82, 2.24) is 0 Å². The van der Waals surface area contributed by atoms with E-state index in [9.17, 15) is 0 Å². The Labute approximate surface area is 67.8 Å². The minimum absolute atomic E-state index is 0.0933. The Morgan fingerprint density at radius 1 is 1.60 bits per heavy atom. The molecule has 0 aromatic heterocycles. The van der Waals surface area contributed by atoms with E-state index in [4.69, 9.17) is 12.2 Å². The predicted octanol–water partition coefficient (Wildman–Crippen LogP) is 1.48. The van der Waals surface area contributed by atoms with Gasteiger partial charge in [-0.25, -0.2) is 0 Å². The van der Waals surface area contributed by atoms with Gasteiger partial charge in [0.05, 0.1) is 6.04 Å². The molecule has 1 nitrogen and oxygen atoms in total. The molecule has 1 unspecified atom stereocenters. The molecule has 0 aromatic rings. The van der Waals surface area contributed by atoms with E-state index in [-0.39, 0.29) is 10.8 Å². The summed E-state index contributed by atoms with van der Waals surface area (Å²) in [4.78, 5) is 0. The Hall–Kier alpha value is -0.130. The molecule has 0 bridgehead atoms. The lowest BCUT2D eigenvalue weighted by molar-refractivity contribution is 0.797. The molecule has 0 heterocycles. The van der Waals surface area contributed by atoms with Gasteiger partial charge in [-0.15, -0.1) is 6.42 Å². The van der Waals surface area contributed by atoms with Crippen molar-refractivity contribution in [3.05, 3.63) is 0 Å². The van der Waals surface area contributed by atoms with Gasteiger partial charge in [0.1, 0.15) is 0 Å². The molecule has 10 heavy (non-hydrogen) atoms. The summed E-state index contributed by atoms with van der Waals surface area (Å²) in [6.07, 6.45) is 5.11. The first-order valence-electron chi connectivity index (χ1n) is 3.31. The molecule has 1 atom stereocenters. The van der Waals surface area contributed by atoms with Crippen LogP contribution in [0.25, 0.3) is 0 Å². The van der Waals surface area contributed by atoms with Crippen LogP contribution in [-0.4, -0.2) is 16.5 Å². The second-order valence-electron chi connectivity index (χ2n) is 3.20. The summed E-state index contributed by atoms with van der Waals surface area (Å²) in [5, 5.41) is 0. The van der Waals surface area contributed by atoms with Gasteiger partial charge < -0.3 is 5.73 Å². The SMILES string of the molecule is C#CC(N)CSC(C)(C)C. The monoisotopic (exact) mass is 157 g/mol. The quantitative estimate of drug-likeness (QED) is 0.614. The fraction of sp³-hybridized carbons (Fsp3) is 0.750. The van der Waals surface area contributed by atoms with Crippen LogP contribution in [0.5, 0.6) is 0 Å². The minimum atomic E-state index is -0.0933. The predicted molar refractivity (Wildman–Crippen MR) is 49.0 cm³/mol. The van der Waals surface area contributed by atoms with Crippen molar-refractivity contribution in [2.24, 2.45) is 5.73 Å².